The van der Waals surface area contributed by atoms with E-state index < -0.39 is 0 Å². The maximum Gasteiger partial charge on any atom is 0.143 e. The molecule has 2 unspecified atom stereocenters. The summed E-state index contributed by atoms with van der Waals surface area (Å²) in [5.74, 6) is 0.906. The van der Waals surface area contributed by atoms with Crippen LogP contribution in [0, 0.1) is 3.57 Å². The summed E-state index contributed by atoms with van der Waals surface area (Å²) < 4.78 is 1.05. The van der Waals surface area contributed by atoms with Gasteiger partial charge in [-0.25, -0.2) is 9.97 Å². The molecule has 0 bridgehead atoms. The smallest absolute Gasteiger partial charge is 0.143 e. The first-order valence-corrected chi connectivity index (χ1v) is 5.83. The first-order chi connectivity index (χ1) is 6.77. The second-order valence-electron chi connectivity index (χ2n) is 3.56. The van der Waals surface area contributed by atoms with Gasteiger partial charge in [-0.15, -0.1) is 0 Å². The van der Waals surface area contributed by atoms with Crippen LogP contribution in [-0.2, 0) is 0 Å². The normalized spacial score (nSPS) is 26.4. The van der Waals surface area contributed by atoms with E-state index in [1.54, 1.807) is 12.5 Å². The molecule has 4 nitrogen and oxygen atoms in total. The summed E-state index contributed by atoms with van der Waals surface area (Å²) in [6.45, 7) is 0. The van der Waals surface area contributed by atoms with Gasteiger partial charge in [-0.2, -0.15) is 0 Å². The lowest BCUT2D eigenvalue weighted by Crippen LogP contribution is -2.35. The van der Waals surface area contributed by atoms with E-state index in [0.717, 1.165) is 22.2 Å². The second-order valence-corrected chi connectivity index (χ2v) is 4.73. The molecule has 0 aromatic carbocycles. The SMILES string of the molecule is NC1CCCC1Nc1ncncc1I. The number of nitrogens with two attached hydrogens (primary N) is 1. The minimum atomic E-state index is 0.265. The predicted molar refractivity (Wildman–Crippen MR) is 64.0 cm³/mol. The fraction of sp³-hybridized carbons (Fsp3) is 0.556. The molecule has 1 aliphatic carbocycles. The third kappa shape index (κ3) is 2.14. The molecule has 2 atom stereocenters. The van der Waals surface area contributed by atoms with E-state index in [1.165, 1.54) is 6.42 Å². The first kappa shape index (κ1) is 10.1. The molecule has 1 fully saturated rings. The predicted octanol–water partition coefficient (Wildman–Crippen LogP) is 1.37. The Hall–Kier alpha value is -0.430. The molecule has 0 spiro atoms. The Bertz CT molecular complexity index is 317. The van der Waals surface area contributed by atoms with E-state index >= 15 is 0 Å². The average Bonchev–Trinajstić information content (AvgIpc) is 2.56. The van der Waals surface area contributed by atoms with Gasteiger partial charge in [-0.1, -0.05) is 0 Å². The number of nitrogens with one attached hydrogen (secondary N) is 1. The second kappa shape index (κ2) is 4.39. The van der Waals surface area contributed by atoms with Crippen LogP contribution in [0.1, 0.15) is 19.3 Å². The molecule has 0 saturated heterocycles. The number of hydrogen-bond acceptors (Lipinski definition) is 4. The van der Waals surface area contributed by atoms with Crippen LogP contribution in [0.5, 0.6) is 0 Å². The molecule has 1 heterocycles. The molecule has 0 radical (unpaired) electrons. The van der Waals surface area contributed by atoms with Gasteiger partial charge in [-0.05, 0) is 41.9 Å². The molecule has 14 heavy (non-hydrogen) atoms. The van der Waals surface area contributed by atoms with Gasteiger partial charge in [0.2, 0.25) is 0 Å². The fourth-order valence-electron chi connectivity index (χ4n) is 1.76. The van der Waals surface area contributed by atoms with E-state index in [0.29, 0.717) is 6.04 Å². The third-order valence-electron chi connectivity index (χ3n) is 2.56. The van der Waals surface area contributed by atoms with E-state index in [1.807, 2.05) is 0 Å². The van der Waals surface area contributed by atoms with E-state index in [-0.39, 0.29) is 6.04 Å². The summed E-state index contributed by atoms with van der Waals surface area (Å²) in [7, 11) is 0. The molecule has 1 aliphatic rings. The van der Waals surface area contributed by atoms with Gasteiger partial charge in [0.05, 0.1) is 3.57 Å². The van der Waals surface area contributed by atoms with E-state index in [9.17, 15) is 0 Å². The van der Waals surface area contributed by atoms with Crippen LogP contribution in [0.2, 0.25) is 0 Å². The molecular formula is C9H13IN4. The summed E-state index contributed by atoms with van der Waals surface area (Å²) >= 11 is 2.23. The van der Waals surface area contributed by atoms with Gasteiger partial charge >= 0.3 is 0 Å². The molecule has 3 N–H and O–H groups in total. The molecule has 1 aromatic rings. The molecule has 5 heteroatoms. The van der Waals surface area contributed by atoms with Gasteiger partial charge in [-0.3, -0.25) is 0 Å². The molecule has 0 amide bonds. The summed E-state index contributed by atoms with van der Waals surface area (Å²) in [6, 6.07) is 0.638. The Kier molecular flexibility index (Phi) is 3.17. The lowest BCUT2D eigenvalue weighted by atomic mass is 10.2. The number of rotatable bonds is 2. The molecule has 0 aliphatic heterocycles. The van der Waals surface area contributed by atoms with Crippen molar-refractivity contribution >= 4 is 28.4 Å². The van der Waals surface area contributed by atoms with Gasteiger partial charge in [0.1, 0.15) is 12.1 Å². The highest BCUT2D eigenvalue weighted by molar-refractivity contribution is 14.1. The molecule has 1 aromatic heterocycles. The maximum atomic E-state index is 5.97. The van der Waals surface area contributed by atoms with Crippen molar-refractivity contribution in [3.05, 3.63) is 16.1 Å². The van der Waals surface area contributed by atoms with Crippen LogP contribution >= 0.6 is 22.6 Å². The van der Waals surface area contributed by atoms with Crippen molar-refractivity contribution in [3.8, 4) is 0 Å². The summed E-state index contributed by atoms with van der Waals surface area (Å²) in [5, 5.41) is 3.38. The van der Waals surface area contributed by atoms with Crippen molar-refractivity contribution in [2.45, 2.75) is 31.3 Å². The van der Waals surface area contributed by atoms with Crippen molar-refractivity contribution in [1.29, 1.82) is 0 Å². The Balaban J connectivity index is 2.07. The van der Waals surface area contributed by atoms with Crippen LogP contribution in [0.3, 0.4) is 0 Å². The molecule has 76 valence electrons. The topological polar surface area (TPSA) is 63.8 Å². The molecule has 1 saturated carbocycles. The standard InChI is InChI=1S/C9H13IN4/c10-6-4-12-5-13-9(6)14-8-3-1-2-7(8)11/h4-5,7-8H,1-3,11H2,(H,12,13,14). The van der Waals surface area contributed by atoms with Crippen LogP contribution < -0.4 is 11.1 Å². The summed E-state index contributed by atoms with van der Waals surface area (Å²) in [5.41, 5.74) is 5.97. The number of anilines is 1. The molecular weight excluding hydrogens is 291 g/mol. The van der Waals surface area contributed by atoms with Crippen molar-refractivity contribution in [2.24, 2.45) is 5.73 Å². The zero-order valence-electron chi connectivity index (χ0n) is 7.78. The van der Waals surface area contributed by atoms with E-state index in [2.05, 4.69) is 37.9 Å². The largest absolute Gasteiger partial charge is 0.365 e. The summed E-state index contributed by atoms with van der Waals surface area (Å²) in [4.78, 5) is 8.14. The summed E-state index contributed by atoms with van der Waals surface area (Å²) in [6.07, 6.45) is 6.82. The third-order valence-corrected chi connectivity index (χ3v) is 3.35. The zero-order valence-corrected chi connectivity index (χ0v) is 9.94. The van der Waals surface area contributed by atoms with E-state index in [4.69, 9.17) is 5.73 Å². The highest BCUT2D eigenvalue weighted by Gasteiger charge is 2.24. The van der Waals surface area contributed by atoms with Crippen molar-refractivity contribution < 1.29 is 0 Å². The van der Waals surface area contributed by atoms with Gasteiger partial charge < -0.3 is 11.1 Å². The lowest BCUT2D eigenvalue weighted by Gasteiger charge is -2.18. The monoisotopic (exact) mass is 304 g/mol. The van der Waals surface area contributed by atoms with Crippen LogP contribution in [0.25, 0.3) is 0 Å². The average molecular weight is 304 g/mol. The maximum absolute atomic E-state index is 5.97. The Labute approximate surface area is 96.8 Å². The quantitative estimate of drug-likeness (QED) is 0.810. The zero-order chi connectivity index (χ0) is 9.97. The van der Waals surface area contributed by atoms with Crippen molar-refractivity contribution in [2.75, 3.05) is 5.32 Å². The minimum Gasteiger partial charge on any atom is -0.365 e. The van der Waals surface area contributed by atoms with Gasteiger partial charge in [0.25, 0.3) is 0 Å². The van der Waals surface area contributed by atoms with Gasteiger partial charge in [0.15, 0.2) is 0 Å². The first-order valence-electron chi connectivity index (χ1n) is 4.75. The van der Waals surface area contributed by atoms with Crippen LogP contribution in [0.15, 0.2) is 12.5 Å². The number of nitrogens with zero attached hydrogens (tertiary/aromatic N) is 2. The highest BCUT2D eigenvalue weighted by atomic mass is 127. The number of aromatic nitrogens is 2. The minimum absolute atomic E-state index is 0.265. The number of halogens is 1. The van der Waals surface area contributed by atoms with Crippen molar-refractivity contribution in [3.63, 3.8) is 0 Å². The lowest BCUT2D eigenvalue weighted by molar-refractivity contribution is 0.635. The highest BCUT2D eigenvalue weighted by Crippen LogP contribution is 2.22. The van der Waals surface area contributed by atoms with Crippen LogP contribution in [-0.4, -0.2) is 22.1 Å². The Morgan fingerprint density at radius 2 is 2.36 bits per heavy atom. The van der Waals surface area contributed by atoms with Gasteiger partial charge in [0, 0.05) is 18.3 Å². The Morgan fingerprint density at radius 1 is 1.50 bits per heavy atom. The van der Waals surface area contributed by atoms with Crippen molar-refractivity contribution in [1.82, 2.24) is 9.97 Å². The molecule has 2 rings (SSSR count). The fourth-order valence-corrected chi connectivity index (χ4v) is 2.22. The number of hydrogen-bond donors (Lipinski definition) is 2. The van der Waals surface area contributed by atoms with Crippen LogP contribution in [0.4, 0.5) is 5.82 Å². The Morgan fingerprint density at radius 3 is 3.00 bits per heavy atom.